The predicted molar refractivity (Wildman–Crippen MR) is 135 cm³/mol. The summed E-state index contributed by atoms with van der Waals surface area (Å²) >= 11 is 7.44. The first-order valence-electron chi connectivity index (χ1n) is 11.3. The maximum absolute atomic E-state index is 13.2. The van der Waals surface area contributed by atoms with E-state index in [9.17, 15) is 9.59 Å². The van der Waals surface area contributed by atoms with Crippen molar-refractivity contribution in [1.82, 2.24) is 9.55 Å². The number of carbonyl (C=O) groups excluding carboxylic acids is 1. The van der Waals surface area contributed by atoms with Crippen LogP contribution in [0.2, 0.25) is 5.02 Å². The first-order chi connectivity index (χ1) is 15.9. The van der Waals surface area contributed by atoms with Gasteiger partial charge in [0.15, 0.2) is 5.16 Å². The van der Waals surface area contributed by atoms with Gasteiger partial charge in [-0.1, -0.05) is 41.6 Å². The van der Waals surface area contributed by atoms with Crippen molar-refractivity contribution >= 4 is 45.9 Å². The van der Waals surface area contributed by atoms with E-state index in [1.54, 1.807) is 22.8 Å². The van der Waals surface area contributed by atoms with E-state index in [1.807, 2.05) is 36.9 Å². The van der Waals surface area contributed by atoms with Gasteiger partial charge in [-0.15, -0.1) is 0 Å². The van der Waals surface area contributed by atoms with Crippen LogP contribution in [0.4, 0.5) is 5.69 Å². The minimum atomic E-state index is -0.125. The van der Waals surface area contributed by atoms with Crippen molar-refractivity contribution in [2.24, 2.45) is 0 Å². The molecule has 0 saturated heterocycles. The Morgan fingerprint density at radius 2 is 2.06 bits per heavy atom. The molecule has 2 aromatic carbocycles. The van der Waals surface area contributed by atoms with Gasteiger partial charge in [0, 0.05) is 30.4 Å². The van der Waals surface area contributed by atoms with Crippen LogP contribution < -0.4 is 10.5 Å². The summed E-state index contributed by atoms with van der Waals surface area (Å²) in [7, 11) is 0. The number of hydrogen-bond acceptors (Lipinski definition) is 5. The highest BCUT2D eigenvalue weighted by Gasteiger charge is 2.23. The summed E-state index contributed by atoms with van der Waals surface area (Å²) < 4.78 is 7.29. The number of aromatic nitrogens is 2. The second-order valence-corrected chi connectivity index (χ2v) is 9.73. The molecule has 4 rings (SSSR count). The van der Waals surface area contributed by atoms with Crippen molar-refractivity contribution in [2.75, 3.05) is 23.8 Å². The molecule has 0 unspecified atom stereocenters. The fraction of sp³-hybridized carbons (Fsp3) is 0.400. The van der Waals surface area contributed by atoms with E-state index >= 15 is 0 Å². The van der Waals surface area contributed by atoms with Crippen molar-refractivity contribution in [3.63, 3.8) is 0 Å². The summed E-state index contributed by atoms with van der Waals surface area (Å²) in [6.07, 6.45) is 2.75. The number of rotatable bonds is 8. The molecule has 0 saturated carbocycles. The Labute approximate surface area is 202 Å². The van der Waals surface area contributed by atoms with Crippen molar-refractivity contribution in [1.29, 1.82) is 0 Å². The summed E-state index contributed by atoms with van der Waals surface area (Å²) in [6.45, 7) is 5.70. The lowest BCUT2D eigenvalue weighted by Crippen LogP contribution is -2.36. The molecule has 2 heterocycles. The third-order valence-corrected chi connectivity index (χ3v) is 6.79. The number of para-hydroxylation sites is 1. The number of amides is 1. The predicted octanol–water partition coefficient (Wildman–Crippen LogP) is 4.94. The van der Waals surface area contributed by atoms with Gasteiger partial charge in [-0.05, 0) is 62.9 Å². The monoisotopic (exact) mass is 485 g/mol. The standard InChI is InChI=1S/C25H28ClN3O3S/c1-17(2)32-14-6-13-29-24(31)20-11-10-19(26)15-21(20)27-25(29)33-16-23(30)28-12-5-8-18-7-3-4-9-22(18)28/h3-4,7,9-11,15,17H,5-6,8,12-14,16H2,1-2H3. The summed E-state index contributed by atoms with van der Waals surface area (Å²) in [5.74, 6) is 0.220. The van der Waals surface area contributed by atoms with Crippen molar-refractivity contribution in [3.05, 3.63) is 63.4 Å². The van der Waals surface area contributed by atoms with E-state index in [4.69, 9.17) is 21.3 Å². The number of ether oxygens (including phenoxy) is 1. The largest absolute Gasteiger partial charge is 0.379 e. The van der Waals surface area contributed by atoms with Gasteiger partial charge < -0.3 is 9.64 Å². The van der Waals surface area contributed by atoms with Gasteiger partial charge >= 0.3 is 0 Å². The highest BCUT2D eigenvalue weighted by molar-refractivity contribution is 7.99. The number of anilines is 1. The van der Waals surface area contributed by atoms with Crippen LogP contribution in [0.5, 0.6) is 0 Å². The minimum absolute atomic E-state index is 0.0160. The van der Waals surface area contributed by atoms with Crippen LogP contribution >= 0.6 is 23.4 Å². The average molecular weight is 486 g/mol. The number of thioether (sulfide) groups is 1. The first-order valence-corrected chi connectivity index (χ1v) is 12.6. The molecule has 1 aliphatic heterocycles. The Bertz CT molecular complexity index is 1210. The number of fused-ring (bicyclic) bond motifs is 2. The number of halogens is 1. The summed E-state index contributed by atoms with van der Waals surface area (Å²) in [6, 6.07) is 13.1. The van der Waals surface area contributed by atoms with Crippen LogP contribution in [0, 0.1) is 0 Å². The summed E-state index contributed by atoms with van der Waals surface area (Å²) in [4.78, 5) is 32.9. The molecule has 3 aromatic rings. The van der Waals surface area contributed by atoms with Crippen LogP contribution in [-0.4, -0.2) is 40.5 Å². The fourth-order valence-corrected chi connectivity index (χ4v) is 5.09. The fourth-order valence-electron chi connectivity index (χ4n) is 4.02. The molecular weight excluding hydrogens is 458 g/mol. The van der Waals surface area contributed by atoms with Gasteiger partial charge in [0.2, 0.25) is 5.91 Å². The van der Waals surface area contributed by atoms with Crippen molar-refractivity contribution in [2.45, 2.75) is 50.9 Å². The third-order valence-electron chi connectivity index (χ3n) is 5.60. The maximum Gasteiger partial charge on any atom is 0.262 e. The van der Waals surface area contributed by atoms with Crippen LogP contribution in [0.3, 0.4) is 0 Å². The van der Waals surface area contributed by atoms with Gasteiger partial charge in [0.05, 0.1) is 22.8 Å². The normalized spacial score (nSPS) is 13.5. The molecule has 0 fully saturated rings. The van der Waals surface area contributed by atoms with Gasteiger partial charge in [-0.3, -0.25) is 14.2 Å². The highest BCUT2D eigenvalue weighted by Crippen LogP contribution is 2.28. The lowest BCUT2D eigenvalue weighted by atomic mass is 10.0. The minimum Gasteiger partial charge on any atom is -0.379 e. The Morgan fingerprint density at radius 1 is 1.24 bits per heavy atom. The van der Waals surface area contributed by atoms with Crippen molar-refractivity contribution < 1.29 is 9.53 Å². The molecule has 8 heteroatoms. The number of benzene rings is 2. The Morgan fingerprint density at radius 3 is 2.88 bits per heavy atom. The zero-order valence-corrected chi connectivity index (χ0v) is 20.5. The van der Waals surface area contributed by atoms with E-state index in [2.05, 4.69) is 6.07 Å². The quantitative estimate of drug-likeness (QED) is 0.257. The third kappa shape index (κ3) is 5.60. The smallest absolute Gasteiger partial charge is 0.262 e. The lowest BCUT2D eigenvalue weighted by Gasteiger charge is -2.29. The van der Waals surface area contributed by atoms with Gasteiger partial charge in [0.1, 0.15) is 0 Å². The zero-order chi connectivity index (χ0) is 23.4. The molecule has 0 atom stereocenters. The lowest BCUT2D eigenvalue weighted by molar-refractivity contribution is -0.116. The van der Waals surface area contributed by atoms with Gasteiger partial charge in [-0.2, -0.15) is 0 Å². The van der Waals surface area contributed by atoms with E-state index in [0.717, 1.165) is 18.5 Å². The summed E-state index contributed by atoms with van der Waals surface area (Å²) in [5.41, 5.74) is 2.60. The second-order valence-electron chi connectivity index (χ2n) is 8.35. The van der Waals surface area contributed by atoms with Crippen molar-refractivity contribution in [3.8, 4) is 0 Å². The Balaban J connectivity index is 1.57. The van der Waals surface area contributed by atoms with Gasteiger partial charge in [0.25, 0.3) is 5.56 Å². The molecule has 1 amide bonds. The molecule has 33 heavy (non-hydrogen) atoms. The van der Waals surface area contributed by atoms with Crippen LogP contribution in [0.25, 0.3) is 10.9 Å². The van der Waals surface area contributed by atoms with Crippen LogP contribution in [0.15, 0.2) is 52.4 Å². The molecule has 0 N–H and O–H groups in total. The van der Waals surface area contributed by atoms with Crippen LogP contribution in [0.1, 0.15) is 32.3 Å². The molecule has 0 spiro atoms. The molecule has 1 aromatic heterocycles. The Hall–Kier alpha value is -2.35. The molecule has 0 aliphatic carbocycles. The maximum atomic E-state index is 13.2. The van der Waals surface area contributed by atoms with E-state index in [0.29, 0.717) is 47.2 Å². The molecule has 174 valence electrons. The molecule has 0 radical (unpaired) electrons. The van der Waals surface area contributed by atoms with Gasteiger partial charge in [-0.25, -0.2) is 4.98 Å². The zero-order valence-electron chi connectivity index (χ0n) is 18.9. The number of hydrogen-bond donors (Lipinski definition) is 0. The second kappa shape index (κ2) is 10.7. The van der Waals surface area contributed by atoms with E-state index in [-0.39, 0.29) is 23.3 Å². The molecule has 0 bridgehead atoms. The Kier molecular flexibility index (Phi) is 7.73. The molecule has 1 aliphatic rings. The van der Waals surface area contributed by atoms with E-state index < -0.39 is 0 Å². The topological polar surface area (TPSA) is 64.4 Å². The van der Waals surface area contributed by atoms with Crippen LogP contribution in [-0.2, 0) is 22.5 Å². The summed E-state index contributed by atoms with van der Waals surface area (Å²) in [5, 5.41) is 1.57. The SMILES string of the molecule is CC(C)OCCCn1c(SCC(=O)N2CCCc3ccccc32)nc2cc(Cl)ccc2c1=O. The molecule has 6 nitrogen and oxygen atoms in total. The first kappa shape index (κ1) is 23.8. The van der Waals surface area contributed by atoms with E-state index in [1.165, 1.54) is 17.3 Å². The number of nitrogens with zero attached hydrogens (tertiary/aromatic N) is 3. The highest BCUT2D eigenvalue weighted by atomic mass is 35.5. The number of carbonyl (C=O) groups is 1. The number of aryl methyl sites for hydroxylation is 1. The average Bonchev–Trinajstić information content (AvgIpc) is 2.80. The molecular formula is C25H28ClN3O3S.